The smallest absolute Gasteiger partial charge is 0.335 e. The maximum Gasteiger partial charge on any atom is 0.335 e. The van der Waals surface area contributed by atoms with E-state index >= 15 is 0 Å². The summed E-state index contributed by atoms with van der Waals surface area (Å²) >= 11 is 0. The molecular formula is C21H23N3O4. The first-order valence-corrected chi connectivity index (χ1v) is 9.45. The predicted octanol–water partition coefficient (Wildman–Crippen LogP) is 2.05. The molecule has 0 aromatic heterocycles. The molecule has 0 bridgehead atoms. The Morgan fingerprint density at radius 1 is 1.11 bits per heavy atom. The number of rotatable bonds is 4. The van der Waals surface area contributed by atoms with Gasteiger partial charge in [0.25, 0.3) is 0 Å². The fourth-order valence-electron chi connectivity index (χ4n) is 3.83. The van der Waals surface area contributed by atoms with Crippen LogP contribution in [0.1, 0.15) is 27.5 Å². The molecule has 1 fully saturated rings. The van der Waals surface area contributed by atoms with E-state index in [4.69, 9.17) is 9.84 Å². The van der Waals surface area contributed by atoms with Crippen LogP contribution >= 0.6 is 0 Å². The summed E-state index contributed by atoms with van der Waals surface area (Å²) in [5.74, 6) is -1.14. The third-order valence-electron chi connectivity index (χ3n) is 5.24. The summed E-state index contributed by atoms with van der Waals surface area (Å²) in [6, 6.07) is 11.9. The number of aromatic carboxylic acids is 1. The van der Waals surface area contributed by atoms with E-state index in [2.05, 4.69) is 21.6 Å². The van der Waals surface area contributed by atoms with Gasteiger partial charge in [0.2, 0.25) is 5.91 Å². The van der Waals surface area contributed by atoms with Crippen LogP contribution in [0.5, 0.6) is 0 Å². The molecule has 0 spiro atoms. The number of carbonyl (C=O) groups excluding carboxylic acids is 1. The number of fused-ring (bicyclic) bond motifs is 1. The Kier molecular flexibility index (Phi) is 5.27. The lowest BCUT2D eigenvalue weighted by Gasteiger charge is -2.34. The highest BCUT2D eigenvalue weighted by Gasteiger charge is 2.29. The van der Waals surface area contributed by atoms with Gasteiger partial charge in [0.1, 0.15) is 6.04 Å². The molecule has 2 aliphatic rings. The van der Waals surface area contributed by atoms with Crippen LogP contribution in [0.3, 0.4) is 0 Å². The van der Waals surface area contributed by atoms with E-state index in [1.54, 1.807) is 12.1 Å². The minimum absolute atomic E-state index is 0.150. The maximum absolute atomic E-state index is 12.9. The van der Waals surface area contributed by atoms with Crippen molar-refractivity contribution < 1.29 is 19.4 Å². The number of carboxylic acid groups (broad SMARTS) is 1. The van der Waals surface area contributed by atoms with Gasteiger partial charge in [-0.1, -0.05) is 12.1 Å². The zero-order valence-electron chi connectivity index (χ0n) is 15.5. The Balaban J connectivity index is 1.55. The first-order valence-electron chi connectivity index (χ1n) is 9.45. The lowest BCUT2D eigenvalue weighted by Crippen LogP contribution is -2.41. The van der Waals surface area contributed by atoms with Gasteiger partial charge < -0.3 is 25.4 Å². The van der Waals surface area contributed by atoms with Crippen LogP contribution in [0.2, 0.25) is 0 Å². The first kappa shape index (κ1) is 18.5. The zero-order valence-corrected chi connectivity index (χ0v) is 15.5. The van der Waals surface area contributed by atoms with Crippen LogP contribution in [0.15, 0.2) is 42.5 Å². The Morgan fingerprint density at radius 2 is 1.86 bits per heavy atom. The largest absolute Gasteiger partial charge is 0.478 e. The van der Waals surface area contributed by atoms with Crippen molar-refractivity contribution in [2.45, 2.75) is 12.5 Å². The van der Waals surface area contributed by atoms with E-state index < -0.39 is 12.0 Å². The van der Waals surface area contributed by atoms with E-state index in [9.17, 15) is 9.59 Å². The van der Waals surface area contributed by atoms with Crippen molar-refractivity contribution in [2.24, 2.45) is 0 Å². The third kappa shape index (κ3) is 3.72. The van der Waals surface area contributed by atoms with Crippen molar-refractivity contribution in [1.29, 1.82) is 0 Å². The van der Waals surface area contributed by atoms with E-state index in [0.717, 1.165) is 44.8 Å². The molecule has 2 aromatic carbocycles. The van der Waals surface area contributed by atoms with Gasteiger partial charge >= 0.3 is 5.97 Å². The van der Waals surface area contributed by atoms with E-state index in [0.29, 0.717) is 5.69 Å². The van der Waals surface area contributed by atoms with Gasteiger partial charge in [-0.15, -0.1) is 0 Å². The molecule has 4 rings (SSSR count). The van der Waals surface area contributed by atoms with Crippen LogP contribution < -0.4 is 15.5 Å². The normalized spacial score (nSPS) is 19.0. The number of nitrogens with zero attached hydrogens (tertiary/aromatic N) is 1. The van der Waals surface area contributed by atoms with Gasteiger partial charge in [-0.2, -0.15) is 0 Å². The molecule has 0 radical (unpaired) electrons. The molecule has 1 saturated heterocycles. The summed E-state index contributed by atoms with van der Waals surface area (Å²) in [5.41, 5.74) is 4.16. The molecule has 146 valence electrons. The van der Waals surface area contributed by atoms with Gasteiger partial charge in [-0.25, -0.2) is 4.79 Å². The SMILES string of the molecule is O=C(O)c1ccc(NC(=O)C2NCCc3c2cccc3N2CCOCC2)cc1. The number of carbonyl (C=O) groups is 2. The van der Waals surface area contributed by atoms with Gasteiger partial charge in [-0.3, -0.25) is 4.79 Å². The summed E-state index contributed by atoms with van der Waals surface area (Å²) < 4.78 is 5.46. The van der Waals surface area contributed by atoms with Gasteiger partial charge in [0.15, 0.2) is 0 Å². The fourth-order valence-corrected chi connectivity index (χ4v) is 3.83. The predicted molar refractivity (Wildman–Crippen MR) is 106 cm³/mol. The lowest BCUT2D eigenvalue weighted by molar-refractivity contribution is -0.118. The Bertz CT molecular complexity index is 876. The van der Waals surface area contributed by atoms with Crippen LogP contribution in [-0.4, -0.2) is 49.8 Å². The first-order chi connectivity index (χ1) is 13.6. The minimum atomic E-state index is -0.989. The van der Waals surface area contributed by atoms with E-state index in [1.807, 2.05) is 12.1 Å². The molecule has 1 atom stereocenters. The Hall–Kier alpha value is -2.90. The number of carboxylic acids is 1. The number of nitrogens with one attached hydrogen (secondary N) is 2. The summed E-state index contributed by atoms with van der Waals surface area (Å²) in [7, 11) is 0. The lowest BCUT2D eigenvalue weighted by atomic mass is 9.91. The van der Waals surface area contributed by atoms with Crippen LogP contribution in [-0.2, 0) is 16.0 Å². The van der Waals surface area contributed by atoms with E-state index in [1.165, 1.54) is 23.4 Å². The molecule has 28 heavy (non-hydrogen) atoms. The molecule has 7 heteroatoms. The summed E-state index contributed by atoms with van der Waals surface area (Å²) in [5, 5.41) is 15.2. The minimum Gasteiger partial charge on any atom is -0.478 e. The Morgan fingerprint density at radius 3 is 2.57 bits per heavy atom. The molecule has 2 aliphatic heterocycles. The molecule has 0 saturated carbocycles. The number of benzene rings is 2. The van der Waals surface area contributed by atoms with Crippen molar-refractivity contribution >= 4 is 23.3 Å². The molecule has 1 unspecified atom stereocenters. The maximum atomic E-state index is 12.9. The number of ether oxygens (including phenoxy) is 1. The highest BCUT2D eigenvalue weighted by atomic mass is 16.5. The number of morpholine rings is 1. The van der Waals surface area contributed by atoms with Gasteiger partial charge in [0.05, 0.1) is 18.8 Å². The van der Waals surface area contributed by atoms with Crippen LogP contribution in [0.4, 0.5) is 11.4 Å². The monoisotopic (exact) mass is 381 g/mol. The van der Waals surface area contributed by atoms with Crippen LogP contribution in [0.25, 0.3) is 0 Å². The zero-order chi connectivity index (χ0) is 19.5. The topological polar surface area (TPSA) is 90.9 Å². The summed E-state index contributed by atoms with van der Waals surface area (Å²) in [4.78, 5) is 26.2. The van der Waals surface area contributed by atoms with Crippen LogP contribution in [0, 0.1) is 0 Å². The molecule has 2 heterocycles. The second-order valence-corrected chi connectivity index (χ2v) is 6.95. The highest BCUT2D eigenvalue weighted by molar-refractivity contribution is 5.97. The standard InChI is InChI=1S/C21H23N3O4/c25-20(23-15-6-4-14(5-7-15)21(26)27)19-17-2-1-3-18(16(17)8-9-22-19)24-10-12-28-13-11-24/h1-7,19,22H,8-13H2,(H,23,25)(H,26,27). The highest BCUT2D eigenvalue weighted by Crippen LogP contribution is 2.32. The molecule has 3 N–H and O–H groups in total. The third-order valence-corrected chi connectivity index (χ3v) is 5.24. The molecule has 1 amide bonds. The number of hydrogen-bond acceptors (Lipinski definition) is 5. The average molecular weight is 381 g/mol. The van der Waals surface area contributed by atoms with Crippen molar-refractivity contribution in [3.8, 4) is 0 Å². The number of amides is 1. The summed E-state index contributed by atoms with van der Waals surface area (Å²) in [6.45, 7) is 3.88. The molecular weight excluding hydrogens is 358 g/mol. The molecule has 2 aromatic rings. The average Bonchev–Trinajstić information content (AvgIpc) is 2.74. The second kappa shape index (κ2) is 8.00. The van der Waals surface area contributed by atoms with Gasteiger partial charge in [0, 0.05) is 31.0 Å². The van der Waals surface area contributed by atoms with Crippen molar-refractivity contribution in [2.75, 3.05) is 43.1 Å². The van der Waals surface area contributed by atoms with Crippen molar-refractivity contribution in [1.82, 2.24) is 5.32 Å². The second-order valence-electron chi connectivity index (χ2n) is 6.95. The number of hydrogen-bond donors (Lipinski definition) is 3. The Labute approximate surface area is 163 Å². The van der Waals surface area contributed by atoms with E-state index in [-0.39, 0.29) is 11.5 Å². The summed E-state index contributed by atoms with van der Waals surface area (Å²) in [6.07, 6.45) is 0.875. The van der Waals surface area contributed by atoms with Crippen molar-refractivity contribution in [3.05, 3.63) is 59.2 Å². The quantitative estimate of drug-likeness (QED) is 0.751. The van der Waals surface area contributed by atoms with Crippen molar-refractivity contribution in [3.63, 3.8) is 0 Å². The fraction of sp³-hybridized carbons (Fsp3) is 0.333. The molecule has 0 aliphatic carbocycles. The molecule has 7 nitrogen and oxygen atoms in total. The number of anilines is 2. The van der Waals surface area contributed by atoms with Gasteiger partial charge in [-0.05, 0) is 47.9 Å².